The van der Waals surface area contributed by atoms with E-state index in [-0.39, 0.29) is 17.6 Å². The third kappa shape index (κ3) is 4.59. The van der Waals surface area contributed by atoms with E-state index in [4.69, 9.17) is 4.52 Å². The first-order valence-electron chi connectivity index (χ1n) is 12.6. The van der Waals surface area contributed by atoms with Gasteiger partial charge in [-0.25, -0.2) is 0 Å². The quantitative estimate of drug-likeness (QED) is 0.283. The number of anilines is 1. The van der Waals surface area contributed by atoms with Gasteiger partial charge in [0.05, 0.1) is 6.04 Å². The molecule has 5 rings (SSSR count). The Hall–Kier alpha value is -4.07. The van der Waals surface area contributed by atoms with Gasteiger partial charge >= 0.3 is 0 Å². The maximum Gasteiger partial charge on any atom is 0.295 e. The van der Waals surface area contributed by atoms with Crippen molar-refractivity contribution < 1.29 is 23.7 Å². The second-order valence-electron chi connectivity index (χ2n) is 9.98. The number of nitrogens with zero attached hydrogens (tertiary/aromatic N) is 3. The van der Waals surface area contributed by atoms with Crippen molar-refractivity contribution in [2.75, 3.05) is 19.0 Å². The zero-order valence-corrected chi connectivity index (χ0v) is 20.9. The van der Waals surface area contributed by atoms with Gasteiger partial charge in [-0.2, -0.15) is 0 Å². The Kier molecular flexibility index (Phi) is 6.74. The molecule has 1 aliphatic heterocycles. The SMILES string of the molecule is CN(C)C(=O)c1ccc(C(=O)C2C(=O)C(=O)N(c3ccc(-c4ccon4)cc3)C2C2CCCCC2)cc1. The van der Waals surface area contributed by atoms with E-state index in [0.29, 0.717) is 22.5 Å². The van der Waals surface area contributed by atoms with Gasteiger partial charge in [-0.3, -0.25) is 19.2 Å². The first kappa shape index (κ1) is 24.6. The molecule has 8 nitrogen and oxygen atoms in total. The molecule has 2 fully saturated rings. The normalized spacial score (nSPS) is 20.3. The molecular formula is C29H29N3O5. The highest BCUT2D eigenvalue weighted by atomic mass is 16.5. The van der Waals surface area contributed by atoms with Gasteiger partial charge in [0.15, 0.2) is 5.78 Å². The maximum absolute atomic E-state index is 13.7. The van der Waals surface area contributed by atoms with E-state index in [1.54, 1.807) is 56.6 Å². The second kappa shape index (κ2) is 10.1. The van der Waals surface area contributed by atoms with Crippen LogP contribution in [0.2, 0.25) is 0 Å². The Morgan fingerprint density at radius 3 is 2.14 bits per heavy atom. The number of aromatic nitrogens is 1. The summed E-state index contributed by atoms with van der Waals surface area (Å²) in [6.45, 7) is 0. The lowest BCUT2D eigenvalue weighted by molar-refractivity contribution is -0.135. The van der Waals surface area contributed by atoms with E-state index in [1.807, 2.05) is 12.1 Å². The van der Waals surface area contributed by atoms with Gasteiger partial charge in [-0.05, 0) is 43.0 Å². The number of carbonyl (C=O) groups excluding carboxylic acids is 4. The topological polar surface area (TPSA) is 101 Å². The summed E-state index contributed by atoms with van der Waals surface area (Å²) >= 11 is 0. The van der Waals surface area contributed by atoms with E-state index in [9.17, 15) is 19.2 Å². The van der Waals surface area contributed by atoms with Crippen LogP contribution in [-0.4, -0.2) is 53.6 Å². The first-order valence-corrected chi connectivity index (χ1v) is 12.6. The monoisotopic (exact) mass is 499 g/mol. The number of carbonyl (C=O) groups is 4. The third-order valence-electron chi connectivity index (χ3n) is 7.47. The van der Waals surface area contributed by atoms with E-state index in [1.165, 1.54) is 16.1 Å². The molecule has 1 saturated carbocycles. The Morgan fingerprint density at radius 1 is 0.892 bits per heavy atom. The fourth-order valence-electron chi connectivity index (χ4n) is 5.58. The minimum Gasteiger partial charge on any atom is -0.364 e. The van der Waals surface area contributed by atoms with E-state index >= 15 is 0 Å². The van der Waals surface area contributed by atoms with Crippen LogP contribution in [0.1, 0.15) is 52.8 Å². The Labute approximate surface area is 215 Å². The van der Waals surface area contributed by atoms with Crippen molar-refractivity contribution in [1.82, 2.24) is 10.1 Å². The van der Waals surface area contributed by atoms with Crippen LogP contribution in [0.15, 0.2) is 65.4 Å². The van der Waals surface area contributed by atoms with Gasteiger partial charge in [0.25, 0.3) is 11.8 Å². The minimum absolute atomic E-state index is 0.0444. The molecule has 2 unspecified atom stereocenters. The number of amides is 2. The zero-order chi connectivity index (χ0) is 26.1. The minimum atomic E-state index is -1.08. The predicted octanol–water partition coefficient (Wildman–Crippen LogP) is 4.41. The lowest BCUT2D eigenvalue weighted by Gasteiger charge is -2.35. The van der Waals surface area contributed by atoms with Crippen LogP contribution in [0.3, 0.4) is 0 Å². The molecule has 1 aliphatic carbocycles. The van der Waals surface area contributed by atoms with Gasteiger partial charge in [-0.1, -0.05) is 48.7 Å². The van der Waals surface area contributed by atoms with Crippen molar-refractivity contribution in [3.63, 3.8) is 0 Å². The van der Waals surface area contributed by atoms with Crippen LogP contribution in [0.5, 0.6) is 0 Å². The van der Waals surface area contributed by atoms with E-state index in [0.717, 1.165) is 37.7 Å². The molecule has 1 saturated heterocycles. The van der Waals surface area contributed by atoms with Crippen LogP contribution in [0.25, 0.3) is 11.3 Å². The molecule has 8 heteroatoms. The number of ketones is 2. The van der Waals surface area contributed by atoms with E-state index in [2.05, 4.69) is 5.16 Å². The molecule has 2 atom stereocenters. The molecule has 3 aromatic rings. The number of Topliss-reactive ketones (excluding diaryl/α,β-unsaturated/α-hetero) is 2. The summed E-state index contributed by atoms with van der Waals surface area (Å²) in [5.74, 6) is -2.91. The standard InChI is InChI=1S/C29H29N3O5/c1-31(2)28(35)21-10-8-20(9-11-21)26(33)24-25(19-6-4-3-5-7-19)32(29(36)27(24)34)22-14-12-18(13-15-22)23-16-17-37-30-23/h8-17,19,24-25H,3-7H2,1-2H3. The fraction of sp³-hybridized carbons (Fsp3) is 0.345. The van der Waals surface area contributed by atoms with Gasteiger partial charge in [0.1, 0.15) is 17.9 Å². The van der Waals surface area contributed by atoms with Crippen LogP contribution in [0, 0.1) is 11.8 Å². The van der Waals surface area contributed by atoms with Crippen LogP contribution < -0.4 is 4.90 Å². The summed E-state index contributed by atoms with van der Waals surface area (Å²) in [6.07, 6.45) is 6.33. The lowest BCUT2D eigenvalue weighted by atomic mass is 9.76. The second-order valence-corrected chi connectivity index (χ2v) is 9.98. The number of benzene rings is 2. The molecule has 0 radical (unpaired) electrons. The van der Waals surface area contributed by atoms with Gasteiger partial charge < -0.3 is 14.3 Å². The molecule has 2 amide bonds. The highest BCUT2D eigenvalue weighted by Gasteiger charge is 2.54. The predicted molar refractivity (Wildman–Crippen MR) is 137 cm³/mol. The van der Waals surface area contributed by atoms with Crippen molar-refractivity contribution >= 4 is 29.1 Å². The lowest BCUT2D eigenvalue weighted by Crippen LogP contribution is -2.44. The number of rotatable bonds is 6. The zero-order valence-electron chi connectivity index (χ0n) is 20.9. The van der Waals surface area contributed by atoms with Crippen molar-refractivity contribution in [1.29, 1.82) is 0 Å². The Bertz CT molecular complexity index is 1310. The molecule has 0 N–H and O–H groups in total. The maximum atomic E-state index is 13.7. The summed E-state index contributed by atoms with van der Waals surface area (Å²) in [5.41, 5.74) is 2.86. The molecule has 2 aliphatic rings. The highest BCUT2D eigenvalue weighted by molar-refractivity contribution is 6.49. The smallest absolute Gasteiger partial charge is 0.295 e. The summed E-state index contributed by atoms with van der Waals surface area (Å²) in [6, 6.07) is 14.8. The van der Waals surface area contributed by atoms with Crippen molar-refractivity contribution in [2.45, 2.75) is 38.1 Å². The van der Waals surface area contributed by atoms with Gasteiger partial charge in [0, 0.05) is 42.5 Å². The summed E-state index contributed by atoms with van der Waals surface area (Å²) < 4.78 is 4.92. The fourth-order valence-corrected chi connectivity index (χ4v) is 5.58. The molecule has 190 valence electrons. The average molecular weight is 500 g/mol. The Balaban J connectivity index is 1.49. The molecule has 0 spiro atoms. The summed E-state index contributed by atoms with van der Waals surface area (Å²) in [7, 11) is 3.32. The molecular weight excluding hydrogens is 470 g/mol. The summed E-state index contributed by atoms with van der Waals surface area (Å²) in [5, 5.41) is 3.95. The Morgan fingerprint density at radius 2 is 1.54 bits per heavy atom. The summed E-state index contributed by atoms with van der Waals surface area (Å²) in [4.78, 5) is 55.8. The van der Waals surface area contributed by atoms with E-state index < -0.39 is 23.7 Å². The third-order valence-corrected chi connectivity index (χ3v) is 7.47. The van der Waals surface area contributed by atoms with Crippen LogP contribution >= 0.6 is 0 Å². The largest absolute Gasteiger partial charge is 0.364 e. The van der Waals surface area contributed by atoms with Gasteiger partial charge in [-0.15, -0.1) is 0 Å². The molecule has 2 heterocycles. The van der Waals surface area contributed by atoms with Crippen molar-refractivity contribution in [3.05, 3.63) is 72.0 Å². The molecule has 2 aromatic carbocycles. The van der Waals surface area contributed by atoms with Crippen LogP contribution in [0.4, 0.5) is 5.69 Å². The average Bonchev–Trinajstić information content (AvgIpc) is 3.56. The van der Waals surface area contributed by atoms with Crippen molar-refractivity contribution in [3.8, 4) is 11.3 Å². The number of hydrogen-bond acceptors (Lipinski definition) is 6. The van der Waals surface area contributed by atoms with Crippen LogP contribution in [-0.2, 0) is 9.59 Å². The highest BCUT2D eigenvalue weighted by Crippen LogP contribution is 2.41. The first-order chi connectivity index (χ1) is 17.9. The van der Waals surface area contributed by atoms with Crippen molar-refractivity contribution in [2.24, 2.45) is 11.8 Å². The molecule has 0 bridgehead atoms. The number of hydrogen-bond donors (Lipinski definition) is 0. The molecule has 37 heavy (non-hydrogen) atoms. The van der Waals surface area contributed by atoms with Gasteiger partial charge in [0.2, 0.25) is 5.78 Å². The molecule has 1 aromatic heterocycles.